The Hall–Kier alpha value is -0.800. The Morgan fingerprint density at radius 1 is 1.35 bits per heavy atom. The summed E-state index contributed by atoms with van der Waals surface area (Å²) in [5, 5.41) is 0. The van der Waals surface area contributed by atoms with E-state index in [-0.39, 0.29) is 0 Å². The van der Waals surface area contributed by atoms with E-state index in [4.69, 9.17) is 16.6 Å². The van der Waals surface area contributed by atoms with Gasteiger partial charge in [0.2, 0.25) is 0 Å². The number of pyridine rings is 1. The average molecular weight is 296 g/mol. The number of aromatic nitrogens is 1. The standard InChI is InChI=1S/C16H26ClN3/c1-12-9-13(2)18-16(15(12)10-17)20(4)11-14-5-7-19(3)8-6-14/h9,14H,5-8,10-11H2,1-4H3. The Morgan fingerprint density at radius 2 is 2.00 bits per heavy atom. The third-order valence-corrected chi connectivity index (χ3v) is 4.59. The summed E-state index contributed by atoms with van der Waals surface area (Å²) in [4.78, 5) is 9.43. The number of nitrogens with zero attached hydrogens (tertiary/aromatic N) is 3. The molecule has 0 N–H and O–H groups in total. The number of anilines is 1. The number of aryl methyl sites for hydroxylation is 2. The fraction of sp³-hybridized carbons (Fsp3) is 0.688. The minimum absolute atomic E-state index is 0.534. The van der Waals surface area contributed by atoms with Crippen molar-refractivity contribution >= 4 is 17.4 Å². The topological polar surface area (TPSA) is 19.4 Å². The zero-order chi connectivity index (χ0) is 14.7. The predicted octanol–water partition coefficient (Wildman–Crippen LogP) is 3.22. The molecular formula is C16H26ClN3. The van der Waals surface area contributed by atoms with E-state index in [0.717, 1.165) is 24.0 Å². The Kier molecular flexibility index (Phi) is 5.28. The number of hydrogen-bond donors (Lipinski definition) is 0. The summed E-state index contributed by atoms with van der Waals surface area (Å²) in [6.45, 7) is 7.67. The van der Waals surface area contributed by atoms with E-state index >= 15 is 0 Å². The summed E-state index contributed by atoms with van der Waals surface area (Å²) in [7, 11) is 4.35. The van der Waals surface area contributed by atoms with Crippen LogP contribution >= 0.6 is 11.6 Å². The van der Waals surface area contributed by atoms with Crippen LogP contribution in [0.3, 0.4) is 0 Å². The van der Waals surface area contributed by atoms with Crippen LogP contribution < -0.4 is 4.90 Å². The van der Waals surface area contributed by atoms with Gasteiger partial charge in [-0.15, -0.1) is 11.6 Å². The number of alkyl halides is 1. The monoisotopic (exact) mass is 295 g/mol. The van der Waals surface area contributed by atoms with Crippen molar-refractivity contribution in [1.29, 1.82) is 0 Å². The van der Waals surface area contributed by atoms with E-state index in [2.05, 4.69) is 43.8 Å². The quantitative estimate of drug-likeness (QED) is 0.795. The number of hydrogen-bond acceptors (Lipinski definition) is 3. The molecule has 4 heteroatoms. The van der Waals surface area contributed by atoms with Gasteiger partial charge in [-0.25, -0.2) is 4.98 Å². The Labute approximate surface area is 127 Å². The fourth-order valence-corrected chi connectivity index (χ4v) is 3.37. The molecule has 2 rings (SSSR count). The maximum absolute atomic E-state index is 6.12. The van der Waals surface area contributed by atoms with Crippen LogP contribution in [0.25, 0.3) is 0 Å². The molecule has 0 aromatic carbocycles. The third-order valence-electron chi connectivity index (χ3n) is 4.32. The van der Waals surface area contributed by atoms with Gasteiger partial charge >= 0.3 is 0 Å². The molecule has 1 aliphatic rings. The van der Waals surface area contributed by atoms with Crippen LogP contribution in [0.4, 0.5) is 5.82 Å². The molecule has 0 spiro atoms. The van der Waals surface area contributed by atoms with Gasteiger partial charge in [-0.3, -0.25) is 0 Å². The van der Waals surface area contributed by atoms with E-state index in [1.54, 1.807) is 0 Å². The maximum atomic E-state index is 6.12. The SMILES string of the molecule is Cc1cc(C)c(CCl)c(N(C)CC2CCN(C)CC2)n1. The molecule has 1 saturated heterocycles. The lowest BCUT2D eigenvalue weighted by Gasteiger charge is -2.32. The zero-order valence-electron chi connectivity index (χ0n) is 13.1. The van der Waals surface area contributed by atoms with E-state index in [9.17, 15) is 0 Å². The number of likely N-dealkylation sites (tertiary alicyclic amines) is 1. The minimum Gasteiger partial charge on any atom is -0.359 e. The van der Waals surface area contributed by atoms with Gasteiger partial charge < -0.3 is 9.80 Å². The van der Waals surface area contributed by atoms with Crippen LogP contribution in [-0.4, -0.2) is 43.6 Å². The second kappa shape index (κ2) is 6.77. The number of rotatable bonds is 4. The first-order valence-corrected chi connectivity index (χ1v) is 7.97. The molecule has 0 saturated carbocycles. The summed E-state index contributed by atoms with van der Waals surface area (Å²) in [6, 6.07) is 2.12. The highest BCUT2D eigenvalue weighted by molar-refractivity contribution is 6.17. The van der Waals surface area contributed by atoms with Gasteiger partial charge in [0.25, 0.3) is 0 Å². The van der Waals surface area contributed by atoms with Gasteiger partial charge in [0.05, 0.1) is 5.88 Å². The normalized spacial score (nSPS) is 17.4. The maximum Gasteiger partial charge on any atom is 0.133 e. The van der Waals surface area contributed by atoms with Crippen LogP contribution in [0.1, 0.15) is 29.7 Å². The van der Waals surface area contributed by atoms with Crippen LogP contribution in [0.5, 0.6) is 0 Å². The van der Waals surface area contributed by atoms with Gasteiger partial charge in [-0.05, 0) is 64.4 Å². The van der Waals surface area contributed by atoms with Crippen molar-refractivity contribution in [3.8, 4) is 0 Å². The number of halogens is 1. The second-order valence-electron chi connectivity index (χ2n) is 6.14. The molecule has 1 aromatic rings. The Bertz CT molecular complexity index is 453. The lowest BCUT2D eigenvalue weighted by molar-refractivity contribution is 0.222. The largest absolute Gasteiger partial charge is 0.359 e. The molecule has 0 radical (unpaired) electrons. The van der Waals surface area contributed by atoms with Crippen molar-refractivity contribution in [1.82, 2.24) is 9.88 Å². The molecule has 3 nitrogen and oxygen atoms in total. The summed E-state index contributed by atoms with van der Waals surface area (Å²) < 4.78 is 0. The predicted molar refractivity (Wildman–Crippen MR) is 86.8 cm³/mol. The summed E-state index contributed by atoms with van der Waals surface area (Å²) in [6.07, 6.45) is 2.56. The molecule has 1 aliphatic heterocycles. The molecule has 112 valence electrons. The van der Waals surface area contributed by atoms with Gasteiger partial charge in [0, 0.05) is 24.8 Å². The molecule has 0 amide bonds. The Balaban J connectivity index is 2.10. The van der Waals surface area contributed by atoms with Gasteiger partial charge in [0.1, 0.15) is 5.82 Å². The summed E-state index contributed by atoms with van der Waals surface area (Å²) >= 11 is 6.12. The van der Waals surface area contributed by atoms with Crippen molar-refractivity contribution < 1.29 is 0 Å². The zero-order valence-corrected chi connectivity index (χ0v) is 13.9. The molecule has 0 atom stereocenters. The van der Waals surface area contributed by atoms with E-state index in [0.29, 0.717) is 5.88 Å². The van der Waals surface area contributed by atoms with Gasteiger partial charge in [-0.1, -0.05) is 0 Å². The lowest BCUT2D eigenvalue weighted by atomic mass is 9.96. The third kappa shape index (κ3) is 3.64. The fourth-order valence-electron chi connectivity index (χ4n) is 3.04. The highest BCUT2D eigenvalue weighted by Crippen LogP contribution is 2.26. The molecule has 0 bridgehead atoms. The number of piperidine rings is 1. The average Bonchev–Trinajstić information content (AvgIpc) is 2.40. The first-order chi connectivity index (χ1) is 9.51. The second-order valence-corrected chi connectivity index (χ2v) is 6.41. The first-order valence-electron chi connectivity index (χ1n) is 7.44. The van der Waals surface area contributed by atoms with Gasteiger partial charge in [0.15, 0.2) is 0 Å². The Morgan fingerprint density at radius 3 is 2.60 bits per heavy atom. The van der Waals surface area contributed by atoms with Gasteiger partial charge in [-0.2, -0.15) is 0 Å². The molecule has 1 fully saturated rings. The van der Waals surface area contributed by atoms with Crippen molar-refractivity contribution in [3.05, 3.63) is 22.9 Å². The molecular weight excluding hydrogens is 270 g/mol. The van der Waals surface area contributed by atoms with Crippen LogP contribution in [0.15, 0.2) is 6.07 Å². The van der Waals surface area contributed by atoms with Crippen LogP contribution in [-0.2, 0) is 5.88 Å². The smallest absolute Gasteiger partial charge is 0.133 e. The molecule has 2 heterocycles. The van der Waals surface area contributed by atoms with Crippen molar-refractivity contribution in [2.24, 2.45) is 5.92 Å². The lowest BCUT2D eigenvalue weighted by Crippen LogP contribution is -2.36. The van der Waals surface area contributed by atoms with Crippen molar-refractivity contribution in [2.75, 3.05) is 38.6 Å². The van der Waals surface area contributed by atoms with Crippen LogP contribution in [0, 0.1) is 19.8 Å². The molecule has 0 unspecified atom stereocenters. The van der Waals surface area contributed by atoms with E-state index < -0.39 is 0 Å². The highest BCUT2D eigenvalue weighted by atomic mass is 35.5. The highest BCUT2D eigenvalue weighted by Gasteiger charge is 2.20. The minimum atomic E-state index is 0.534. The van der Waals surface area contributed by atoms with Crippen molar-refractivity contribution in [2.45, 2.75) is 32.6 Å². The molecule has 1 aromatic heterocycles. The molecule has 20 heavy (non-hydrogen) atoms. The summed E-state index contributed by atoms with van der Waals surface area (Å²) in [5.74, 6) is 2.37. The van der Waals surface area contributed by atoms with E-state index in [1.165, 1.54) is 37.1 Å². The van der Waals surface area contributed by atoms with Crippen molar-refractivity contribution in [3.63, 3.8) is 0 Å². The molecule has 0 aliphatic carbocycles. The first kappa shape index (κ1) is 15.6. The van der Waals surface area contributed by atoms with Crippen LogP contribution in [0.2, 0.25) is 0 Å². The summed E-state index contributed by atoms with van der Waals surface area (Å²) in [5.41, 5.74) is 3.49. The van der Waals surface area contributed by atoms with E-state index in [1.807, 2.05) is 0 Å².